The SMILES string of the molecule is CCN(C(=O)C(C)Sc1nnc(-c2ccc(Cl)cc2)n1CC)C1CCCCC1. The maximum atomic E-state index is 13.1. The van der Waals surface area contributed by atoms with E-state index in [1.54, 1.807) is 0 Å². The number of amides is 1. The van der Waals surface area contributed by atoms with Crippen LogP contribution in [-0.4, -0.2) is 43.4 Å². The van der Waals surface area contributed by atoms with E-state index in [1.807, 2.05) is 31.2 Å². The zero-order valence-corrected chi connectivity index (χ0v) is 18.5. The number of rotatable bonds is 7. The molecule has 1 aromatic heterocycles. The Balaban J connectivity index is 1.75. The van der Waals surface area contributed by atoms with E-state index in [-0.39, 0.29) is 11.2 Å². The van der Waals surface area contributed by atoms with Gasteiger partial charge in [0.25, 0.3) is 0 Å². The van der Waals surface area contributed by atoms with Crippen molar-refractivity contribution in [2.45, 2.75) is 75.9 Å². The molecule has 0 N–H and O–H groups in total. The van der Waals surface area contributed by atoms with Gasteiger partial charge >= 0.3 is 0 Å². The lowest BCUT2D eigenvalue weighted by molar-refractivity contribution is -0.133. The van der Waals surface area contributed by atoms with Crippen molar-refractivity contribution in [3.8, 4) is 11.4 Å². The molecule has 0 saturated heterocycles. The third-order valence-electron chi connectivity index (χ3n) is 5.40. The third kappa shape index (κ3) is 4.71. The van der Waals surface area contributed by atoms with E-state index in [1.165, 1.54) is 31.0 Å². The van der Waals surface area contributed by atoms with Gasteiger partial charge < -0.3 is 9.47 Å². The largest absolute Gasteiger partial charge is 0.339 e. The normalized spacial score (nSPS) is 16.1. The fourth-order valence-corrected chi connectivity index (χ4v) is 5.01. The van der Waals surface area contributed by atoms with E-state index < -0.39 is 0 Å². The van der Waals surface area contributed by atoms with Crippen molar-refractivity contribution >= 4 is 29.3 Å². The number of thioether (sulfide) groups is 1. The van der Waals surface area contributed by atoms with E-state index >= 15 is 0 Å². The Morgan fingerprint density at radius 1 is 1.21 bits per heavy atom. The van der Waals surface area contributed by atoms with Crippen LogP contribution in [0.5, 0.6) is 0 Å². The Morgan fingerprint density at radius 2 is 1.89 bits per heavy atom. The van der Waals surface area contributed by atoms with Crippen LogP contribution in [0.1, 0.15) is 52.9 Å². The van der Waals surface area contributed by atoms with Crippen molar-refractivity contribution in [1.82, 2.24) is 19.7 Å². The van der Waals surface area contributed by atoms with Gasteiger partial charge in [-0.25, -0.2) is 0 Å². The number of halogens is 1. The monoisotopic (exact) mass is 420 g/mol. The second kappa shape index (κ2) is 9.79. The number of benzene rings is 1. The molecule has 0 aliphatic heterocycles. The second-order valence-electron chi connectivity index (χ2n) is 7.23. The topological polar surface area (TPSA) is 51.0 Å². The molecule has 0 spiro atoms. The summed E-state index contributed by atoms with van der Waals surface area (Å²) in [6.07, 6.45) is 6.00. The van der Waals surface area contributed by atoms with E-state index in [2.05, 4.69) is 33.5 Å². The van der Waals surface area contributed by atoms with Gasteiger partial charge in [0, 0.05) is 29.7 Å². The van der Waals surface area contributed by atoms with Crippen molar-refractivity contribution in [2.24, 2.45) is 0 Å². The first-order valence-electron chi connectivity index (χ1n) is 10.2. The third-order valence-corrected chi connectivity index (χ3v) is 6.72. The van der Waals surface area contributed by atoms with Crippen LogP contribution in [0, 0.1) is 0 Å². The molecule has 1 aliphatic rings. The van der Waals surface area contributed by atoms with E-state index in [4.69, 9.17) is 11.6 Å². The van der Waals surface area contributed by atoms with Gasteiger partial charge in [0.15, 0.2) is 11.0 Å². The Kier molecular flexibility index (Phi) is 7.41. The van der Waals surface area contributed by atoms with Gasteiger partial charge in [0.2, 0.25) is 5.91 Å². The van der Waals surface area contributed by atoms with Crippen LogP contribution < -0.4 is 0 Å². The first-order valence-corrected chi connectivity index (χ1v) is 11.5. The lowest BCUT2D eigenvalue weighted by Crippen LogP contribution is -2.44. The van der Waals surface area contributed by atoms with Crippen molar-refractivity contribution in [3.63, 3.8) is 0 Å². The fourth-order valence-electron chi connectivity index (χ4n) is 3.90. The standard InChI is InChI=1S/C21H29ClN4OS/c1-4-25(18-9-7-6-8-10-18)20(27)15(3)28-21-24-23-19(26(21)5-2)16-11-13-17(22)14-12-16/h11-15,18H,4-10H2,1-3H3. The number of carbonyl (C=O) groups is 1. The Labute approximate surface area is 176 Å². The molecule has 1 fully saturated rings. The van der Waals surface area contributed by atoms with Crippen molar-refractivity contribution in [3.05, 3.63) is 29.3 Å². The summed E-state index contributed by atoms with van der Waals surface area (Å²) in [5.74, 6) is 1.01. The van der Waals surface area contributed by atoms with E-state index in [9.17, 15) is 4.79 Å². The number of nitrogens with zero attached hydrogens (tertiary/aromatic N) is 4. The molecule has 2 aromatic rings. The second-order valence-corrected chi connectivity index (χ2v) is 8.98. The summed E-state index contributed by atoms with van der Waals surface area (Å²) in [4.78, 5) is 15.2. The van der Waals surface area contributed by atoms with Crippen LogP contribution in [0.3, 0.4) is 0 Å². The molecule has 28 heavy (non-hydrogen) atoms. The molecule has 0 bridgehead atoms. The van der Waals surface area contributed by atoms with Crippen LogP contribution in [0.4, 0.5) is 0 Å². The highest BCUT2D eigenvalue weighted by molar-refractivity contribution is 8.00. The molecule has 7 heteroatoms. The van der Waals surface area contributed by atoms with E-state index in [0.29, 0.717) is 11.1 Å². The number of aromatic nitrogens is 3. The fraction of sp³-hybridized carbons (Fsp3) is 0.571. The van der Waals surface area contributed by atoms with Crippen molar-refractivity contribution < 1.29 is 4.79 Å². The highest BCUT2D eigenvalue weighted by Gasteiger charge is 2.29. The zero-order chi connectivity index (χ0) is 20.1. The summed E-state index contributed by atoms with van der Waals surface area (Å²) in [5, 5.41) is 10.1. The molecular formula is C21H29ClN4OS. The summed E-state index contributed by atoms with van der Waals surface area (Å²) in [6, 6.07) is 8.00. The number of hydrogen-bond donors (Lipinski definition) is 0. The van der Waals surface area contributed by atoms with Gasteiger partial charge in [0.1, 0.15) is 0 Å². The molecule has 1 atom stereocenters. The summed E-state index contributed by atoms with van der Waals surface area (Å²) in [5.41, 5.74) is 0.974. The Morgan fingerprint density at radius 3 is 2.50 bits per heavy atom. The lowest BCUT2D eigenvalue weighted by Gasteiger charge is -2.35. The van der Waals surface area contributed by atoms with Gasteiger partial charge in [-0.1, -0.05) is 42.6 Å². The average molecular weight is 421 g/mol. The quantitative estimate of drug-likeness (QED) is 0.571. The summed E-state index contributed by atoms with van der Waals surface area (Å²) >= 11 is 7.50. The van der Waals surface area contributed by atoms with Crippen LogP contribution in [0.2, 0.25) is 5.02 Å². The van der Waals surface area contributed by atoms with Crippen LogP contribution in [0.15, 0.2) is 29.4 Å². The molecular weight excluding hydrogens is 392 g/mol. The molecule has 1 unspecified atom stereocenters. The maximum Gasteiger partial charge on any atom is 0.236 e. The molecule has 1 aliphatic carbocycles. The number of hydrogen-bond acceptors (Lipinski definition) is 4. The molecule has 1 amide bonds. The predicted octanol–water partition coefficient (Wildman–Crippen LogP) is 5.28. The highest BCUT2D eigenvalue weighted by atomic mass is 35.5. The minimum atomic E-state index is -0.186. The molecule has 3 rings (SSSR count). The number of carbonyl (C=O) groups excluding carboxylic acids is 1. The minimum Gasteiger partial charge on any atom is -0.339 e. The predicted molar refractivity (Wildman–Crippen MR) is 116 cm³/mol. The van der Waals surface area contributed by atoms with Gasteiger partial charge in [-0.2, -0.15) is 0 Å². The van der Waals surface area contributed by atoms with Crippen LogP contribution in [0.25, 0.3) is 11.4 Å². The van der Waals surface area contributed by atoms with Gasteiger partial charge in [-0.15, -0.1) is 10.2 Å². The average Bonchev–Trinajstić information content (AvgIpc) is 3.12. The van der Waals surface area contributed by atoms with Crippen LogP contribution in [-0.2, 0) is 11.3 Å². The smallest absolute Gasteiger partial charge is 0.236 e. The minimum absolute atomic E-state index is 0.186. The Bertz CT molecular complexity index is 786. The highest BCUT2D eigenvalue weighted by Crippen LogP contribution is 2.30. The summed E-state index contributed by atoms with van der Waals surface area (Å²) in [6.45, 7) is 7.64. The maximum absolute atomic E-state index is 13.1. The van der Waals surface area contributed by atoms with Gasteiger partial charge in [0.05, 0.1) is 5.25 Å². The molecule has 1 aromatic carbocycles. The summed E-state index contributed by atoms with van der Waals surface area (Å²) < 4.78 is 2.06. The lowest BCUT2D eigenvalue weighted by atomic mass is 9.94. The molecule has 152 valence electrons. The summed E-state index contributed by atoms with van der Waals surface area (Å²) in [7, 11) is 0. The first kappa shape index (κ1) is 21.2. The first-order chi connectivity index (χ1) is 13.5. The molecule has 1 heterocycles. The molecule has 5 nitrogen and oxygen atoms in total. The van der Waals surface area contributed by atoms with Gasteiger partial charge in [-0.05, 0) is 57.9 Å². The molecule has 0 radical (unpaired) electrons. The Hall–Kier alpha value is -1.53. The van der Waals surface area contributed by atoms with E-state index in [0.717, 1.165) is 42.5 Å². The van der Waals surface area contributed by atoms with Crippen LogP contribution >= 0.6 is 23.4 Å². The van der Waals surface area contributed by atoms with Gasteiger partial charge in [-0.3, -0.25) is 4.79 Å². The zero-order valence-electron chi connectivity index (χ0n) is 16.9. The van der Waals surface area contributed by atoms with Crippen molar-refractivity contribution in [2.75, 3.05) is 6.54 Å². The van der Waals surface area contributed by atoms with Crippen molar-refractivity contribution in [1.29, 1.82) is 0 Å². The molecule has 1 saturated carbocycles.